The zero-order chi connectivity index (χ0) is 11.1. The van der Waals surface area contributed by atoms with Crippen molar-refractivity contribution in [2.24, 2.45) is 5.92 Å². The van der Waals surface area contributed by atoms with Gasteiger partial charge in [0, 0.05) is 6.54 Å². The first-order valence-corrected chi connectivity index (χ1v) is 7.76. The van der Waals surface area contributed by atoms with Gasteiger partial charge in [-0.05, 0) is 18.8 Å². The van der Waals surface area contributed by atoms with Gasteiger partial charge in [-0.2, -0.15) is 0 Å². The molecule has 0 aromatic carbocycles. The van der Waals surface area contributed by atoms with Crippen molar-refractivity contribution in [2.75, 3.05) is 12.3 Å². The maximum absolute atomic E-state index is 11.4. The van der Waals surface area contributed by atoms with E-state index in [9.17, 15) is 8.42 Å². The molecule has 0 aliphatic heterocycles. The summed E-state index contributed by atoms with van der Waals surface area (Å²) < 4.78 is 25.4. The highest BCUT2D eigenvalue weighted by Crippen LogP contribution is 2.25. The quantitative estimate of drug-likeness (QED) is 0.765. The second kappa shape index (κ2) is 6.48. The smallest absolute Gasteiger partial charge is 0.211 e. The molecule has 90 valence electrons. The third-order valence-electron chi connectivity index (χ3n) is 3.07. The maximum atomic E-state index is 11.4. The minimum Gasteiger partial charge on any atom is -0.215 e. The third kappa shape index (κ3) is 5.52. The van der Waals surface area contributed by atoms with Crippen LogP contribution in [0.2, 0.25) is 0 Å². The van der Waals surface area contributed by atoms with E-state index in [-0.39, 0.29) is 5.75 Å². The Morgan fingerprint density at radius 2 is 1.87 bits per heavy atom. The molecule has 1 aliphatic carbocycles. The molecule has 1 rings (SSSR count). The predicted octanol–water partition coefficient (Wildman–Crippen LogP) is 2.29. The Kier molecular flexibility index (Phi) is 5.61. The van der Waals surface area contributed by atoms with Crippen molar-refractivity contribution in [2.45, 2.75) is 51.9 Å². The van der Waals surface area contributed by atoms with Gasteiger partial charge in [-0.3, -0.25) is 0 Å². The molecular weight excluding hydrogens is 210 g/mol. The van der Waals surface area contributed by atoms with Gasteiger partial charge in [0.2, 0.25) is 10.0 Å². The molecule has 0 spiro atoms. The molecule has 0 unspecified atom stereocenters. The summed E-state index contributed by atoms with van der Waals surface area (Å²) in [5, 5.41) is 0. The van der Waals surface area contributed by atoms with Crippen molar-refractivity contribution < 1.29 is 8.42 Å². The number of rotatable bonds is 6. The molecule has 3 nitrogen and oxygen atoms in total. The molecule has 0 atom stereocenters. The maximum Gasteiger partial charge on any atom is 0.211 e. The van der Waals surface area contributed by atoms with Crippen molar-refractivity contribution in [1.82, 2.24) is 4.72 Å². The number of hydrogen-bond donors (Lipinski definition) is 1. The van der Waals surface area contributed by atoms with Gasteiger partial charge in [-0.15, -0.1) is 0 Å². The van der Waals surface area contributed by atoms with Gasteiger partial charge in [-0.25, -0.2) is 13.1 Å². The topological polar surface area (TPSA) is 46.2 Å². The Balaban J connectivity index is 2.14. The Hall–Kier alpha value is -0.0900. The average Bonchev–Trinajstić information content (AvgIpc) is 2.19. The van der Waals surface area contributed by atoms with Crippen molar-refractivity contribution in [3.63, 3.8) is 0 Å². The fraction of sp³-hybridized carbons (Fsp3) is 1.00. The molecule has 1 aliphatic rings. The molecule has 0 bridgehead atoms. The molecule has 1 fully saturated rings. The molecule has 0 aromatic heterocycles. The largest absolute Gasteiger partial charge is 0.215 e. The van der Waals surface area contributed by atoms with E-state index in [2.05, 4.69) is 4.72 Å². The van der Waals surface area contributed by atoms with Crippen molar-refractivity contribution >= 4 is 10.0 Å². The van der Waals surface area contributed by atoms with E-state index >= 15 is 0 Å². The minimum atomic E-state index is -2.98. The van der Waals surface area contributed by atoms with E-state index in [0.29, 0.717) is 13.0 Å². The lowest BCUT2D eigenvalue weighted by Gasteiger charge is -2.21. The lowest BCUT2D eigenvalue weighted by molar-refractivity contribution is 0.339. The van der Waals surface area contributed by atoms with Crippen LogP contribution in [0.4, 0.5) is 0 Å². The SMILES string of the molecule is CCCS(=O)(=O)NCCC1CCCCC1. The zero-order valence-corrected chi connectivity index (χ0v) is 10.5. The fourth-order valence-corrected chi connectivity index (χ4v) is 3.35. The van der Waals surface area contributed by atoms with Crippen LogP contribution in [0.15, 0.2) is 0 Å². The van der Waals surface area contributed by atoms with E-state index in [4.69, 9.17) is 0 Å². The molecule has 0 amide bonds. The standard InChI is InChI=1S/C11H23NO2S/c1-2-10-15(13,14)12-9-8-11-6-4-3-5-7-11/h11-12H,2-10H2,1H3. The van der Waals surface area contributed by atoms with Gasteiger partial charge >= 0.3 is 0 Å². The number of nitrogens with one attached hydrogen (secondary N) is 1. The third-order valence-corrected chi connectivity index (χ3v) is 4.66. The highest BCUT2D eigenvalue weighted by atomic mass is 32.2. The minimum absolute atomic E-state index is 0.262. The summed E-state index contributed by atoms with van der Waals surface area (Å²) in [6.07, 6.45) is 8.30. The van der Waals surface area contributed by atoms with E-state index in [1.807, 2.05) is 6.92 Å². The second-order valence-electron chi connectivity index (χ2n) is 4.51. The van der Waals surface area contributed by atoms with Crippen LogP contribution >= 0.6 is 0 Å². The monoisotopic (exact) mass is 233 g/mol. The van der Waals surface area contributed by atoms with Crippen molar-refractivity contribution in [3.8, 4) is 0 Å². The Bertz CT molecular complexity index is 256. The molecule has 1 N–H and O–H groups in total. The highest BCUT2D eigenvalue weighted by molar-refractivity contribution is 7.89. The Labute approximate surface area is 93.7 Å². The summed E-state index contributed by atoms with van der Waals surface area (Å²) in [5.41, 5.74) is 0. The van der Waals surface area contributed by atoms with Gasteiger partial charge in [-0.1, -0.05) is 39.0 Å². The summed E-state index contributed by atoms with van der Waals surface area (Å²) in [5.74, 6) is 1.01. The Morgan fingerprint density at radius 1 is 1.20 bits per heavy atom. The number of hydrogen-bond acceptors (Lipinski definition) is 2. The fourth-order valence-electron chi connectivity index (χ4n) is 2.24. The summed E-state index contributed by atoms with van der Waals surface area (Å²) in [6.45, 7) is 2.52. The van der Waals surface area contributed by atoms with Crippen LogP contribution in [-0.4, -0.2) is 20.7 Å². The molecule has 0 aromatic rings. The molecule has 1 saturated carbocycles. The van der Waals surface area contributed by atoms with Crippen LogP contribution in [0.25, 0.3) is 0 Å². The lowest BCUT2D eigenvalue weighted by Crippen LogP contribution is -2.28. The van der Waals surface area contributed by atoms with E-state index in [1.165, 1.54) is 32.1 Å². The van der Waals surface area contributed by atoms with Gasteiger partial charge in [0.25, 0.3) is 0 Å². The summed E-state index contributed by atoms with van der Waals surface area (Å²) in [6, 6.07) is 0. The molecule has 0 radical (unpaired) electrons. The summed E-state index contributed by atoms with van der Waals surface area (Å²) in [4.78, 5) is 0. The van der Waals surface area contributed by atoms with Crippen LogP contribution in [0.3, 0.4) is 0 Å². The van der Waals surface area contributed by atoms with Gasteiger partial charge in [0.15, 0.2) is 0 Å². The zero-order valence-electron chi connectivity index (χ0n) is 9.67. The van der Waals surface area contributed by atoms with Crippen molar-refractivity contribution in [1.29, 1.82) is 0 Å². The predicted molar refractivity (Wildman–Crippen MR) is 63.3 cm³/mol. The number of sulfonamides is 1. The van der Waals surface area contributed by atoms with Gasteiger partial charge in [0.1, 0.15) is 0 Å². The first-order chi connectivity index (χ1) is 7.14. The van der Waals surface area contributed by atoms with Crippen LogP contribution in [0.5, 0.6) is 0 Å². The van der Waals surface area contributed by atoms with Gasteiger partial charge in [0.05, 0.1) is 5.75 Å². The molecule has 15 heavy (non-hydrogen) atoms. The summed E-state index contributed by atoms with van der Waals surface area (Å²) >= 11 is 0. The van der Waals surface area contributed by atoms with E-state index in [1.54, 1.807) is 0 Å². The lowest BCUT2D eigenvalue weighted by atomic mass is 9.87. The molecular formula is C11H23NO2S. The van der Waals surface area contributed by atoms with E-state index in [0.717, 1.165) is 12.3 Å². The van der Waals surface area contributed by atoms with Crippen LogP contribution in [-0.2, 0) is 10.0 Å². The van der Waals surface area contributed by atoms with E-state index < -0.39 is 10.0 Å². The van der Waals surface area contributed by atoms with Crippen molar-refractivity contribution in [3.05, 3.63) is 0 Å². The highest BCUT2D eigenvalue weighted by Gasteiger charge is 2.14. The van der Waals surface area contributed by atoms with Gasteiger partial charge < -0.3 is 0 Å². The second-order valence-corrected chi connectivity index (χ2v) is 6.43. The van der Waals surface area contributed by atoms with Crippen LogP contribution in [0, 0.1) is 5.92 Å². The first-order valence-electron chi connectivity index (χ1n) is 6.11. The van der Waals surface area contributed by atoms with Crippen LogP contribution < -0.4 is 4.72 Å². The molecule has 0 heterocycles. The Morgan fingerprint density at radius 3 is 2.47 bits per heavy atom. The normalized spacial score (nSPS) is 19.3. The van der Waals surface area contributed by atoms with Crippen LogP contribution in [0.1, 0.15) is 51.9 Å². The molecule has 4 heteroatoms. The average molecular weight is 233 g/mol. The summed E-state index contributed by atoms with van der Waals surface area (Å²) in [7, 11) is -2.98. The molecule has 0 saturated heterocycles. The first kappa shape index (κ1) is 13.0.